The smallest absolute Gasteiger partial charge is 0.363 e. The van der Waals surface area contributed by atoms with Crippen LogP contribution in [0.1, 0.15) is 30.5 Å². The molecule has 0 fully saturated rings. The van der Waals surface area contributed by atoms with E-state index in [1.165, 1.54) is 12.1 Å². The Hall–Kier alpha value is -2.02. The Kier molecular flexibility index (Phi) is 6.56. The first-order valence-electron chi connectivity index (χ1n) is 8.59. The van der Waals surface area contributed by atoms with Gasteiger partial charge in [0.2, 0.25) is 5.90 Å². The first-order chi connectivity index (χ1) is 13.7. The van der Waals surface area contributed by atoms with E-state index in [4.69, 9.17) is 9.47 Å². The van der Waals surface area contributed by atoms with Gasteiger partial charge in [-0.3, -0.25) is 10.1 Å². The number of nitro benzene ring substituents is 1. The number of nitrogens with zero attached hydrogens (tertiary/aromatic N) is 2. The van der Waals surface area contributed by atoms with Crippen molar-refractivity contribution in [1.82, 2.24) is 0 Å². The van der Waals surface area contributed by atoms with Crippen molar-refractivity contribution in [3.63, 3.8) is 0 Å². The van der Waals surface area contributed by atoms with Crippen LogP contribution in [0.2, 0.25) is 0 Å². The number of esters is 1. The maximum Gasteiger partial charge on any atom is 0.363 e. The van der Waals surface area contributed by atoms with E-state index in [9.17, 15) is 14.9 Å². The molecule has 0 spiro atoms. The molecule has 9 heteroatoms. The van der Waals surface area contributed by atoms with Gasteiger partial charge in [-0.1, -0.05) is 0 Å². The minimum absolute atomic E-state index is 0.00213. The van der Waals surface area contributed by atoms with E-state index in [1.54, 1.807) is 19.1 Å². The number of halogens is 2. The van der Waals surface area contributed by atoms with Crippen molar-refractivity contribution in [2.75, 3.05) is 0 Å². The fourth-order valence-electron chi connectivity index (χ4n) is 2.69. The highest BCUT2D eigenvalue weighted by Crippen LogP contribution is 2.31. The number of hydrogen-bond acceptors (Lipinski definition) is 6. The quantitative estimate of drug-likeness (QED) is 0.150. The van der Waals surface area contributed by atoms with E-state index in [2.05, 4.69) is 50.2 Å². The minimum atomic E-state index is -0.566. The van der Waals surface area contributed by atoms with E-state index in [0.29, 0.717) is 11.1 Å². The molecular formula is C20H16I2N2O5. The number of cyclic esters (lactones) is 1. The summed E-state index contributed by atoms with van der Waals surface area (Å²) in [5.41, 5.74) is 1.94. The van der Waals surface area contributed by atoms with E-state index >= 15 is 0 Å². The maximum absolute atomic E-state index is 12.3. The Bertz CT molecular complexity index is 1050. The molecule has 1 aliphatic rings. The van der Waals surface area contributed by atoms with Crippen LogP contribution in [-0.2, 0) is 9.53 Å². The van der Waals surface area contributed by atoms with Crippen LogP contribution >= 0.6 is 45.2 Å². The highest BCUT2D eigenvalue weighted by molar-refractivity contribution is 14.1. The van der Waals surface area contributed by atoms with Gasteiger partial charge in [0.15, 0.2) is 5.70 Å². The number of hydrogen-bond donors (Lipinski definition) is 0. The van der Waals surface area contributed by atoms with E-state index in [0.717, 1.165) is 18.5 Å². The Morgan fingerprint density at radius 1 is 1.21 bits per heavy atom. The molecule has 0 bridgehead atoms. The molecule has 7 nitrogen and oxygen atoms in total. The molecule has 0 unspecified atom stereocenters. The lowest BCUT2D eigenvalue weighted by Gasteiger charge is -2.14. The second-order valence-electron chi connectivity index (χ2n) is 6.57. The number of nitro groups is 1. The summed E-state index contributed by atoms with van der Waals surface area (Å²) in [6.45, 7) is 5.56. The number of aliphatic imine (C=N–C) groups is 1. The minimum Gasteiger partial charge on any atom is -0.489 e. The molecular weight excluding hydrogens is 602 g/mol. The Morgan fingerprint density at radius 2 is 1.86 bits per heavy atom. The third-order valence-electron chi connectivity index (χ3n) is 3.94. The van der Waals surface area contributed by atoms with Crippen molar-refractivity contribution < 1.29 is 19.2 Å². The Balaban J connectivity index is 1.93. The van der Waals surface area contributed by atoms with Gasteiger partial charge in [-0.2, -0.15) is 0 Å². The SMILES string of the molecule is Cc1cc(C2=N/C(=C\c3cc(I)c(OC(C)C)c(I)c3)C(=O)O2)ccc1[N+](=O)[O-]. The van der Waals surface area contributed by atoms with Crippen LogP contribution in [0.25, 0.3) is 6.08 Å². The highest BCUT2D eigenvalue weighted by Gasteiger charge is 2.25. The lowest BCUT2D eigenvalue weighted by molar-refractivity contribution is -0.385. The number of carbonyl (C=O) groups is 1. The van der Waals surface area contributed by atoms with Crippen molar-refractivity contribution in [3.8, 4) is 5.75 Å². The zero-order chi connectivity index (χ0) is 21.3. The summed E-state index contributed by atoms with van der Waals surface area (Å²) in [6, 6.07) is 8.29. The van der Waals surface area contributed by atoms with Crippen LogP contribution in [0, 0.1) is 24.2 Å². The third kappa shape index (κ3) is 4.94. The molecule has 0 N–H and O–H groups in total. The summed E-state index contributed by atoms with van der Waals surface area (Å²) in [4.78, 5) is 27.1. The van der Waals surface area contributed by atoms with Gasteiger partial charge in [0.25, 0.3) is 5.69 Å². The van der Waals surface area contributed by atoms with Crippen LogP contribution in [-0.4, -0.2) is 22.9 Å². The normalized spacial score (nSPS) is 14.9. The zero-order valence-corrected chi connectivity index (χ0v) is 20.0. The average molecular weight is 618 g/mol. The fraction of sp³-hybridized carbons (Fsp3) is 0.200. The molecule has 0 amide bonds. The van der Waals surface area contributed by atoms with Crippen molar-refractivity contribution in [1.29, 1.82) is 0 Å². The summed E-state index contributed by atoms with van der Waals surface area (Å²) < 4.78 is 13.0. The molecule has 0 aliphatic carbocycles. The Labute approximate surface area is 194 Å². The van der Waals surface area contributed by atoms with Gasteiger partial charge < -0.3 is 9.47 Å². The fourth-order valence-corrected chi connectivity index (χ4v) is 4.77. The lowest BCUT2D eigenvalue weighted by atomic mass is 10.1. The summed E-state index contributed by atoms with van der Waals surface area (Å²) >= 11 is 4.39. The molecule has 1 aliphatic heterocycles. The van der Waals surface area contributed by atoms with Gasteiger partial charge >= 0.3 is 5.97 Å². The van der Waals surface area contributed by atoms with E-state index in [1.807, 2.05) is 26.0 Å². The summed E-state index contributed by atoms with van der Waals surface area (Å²) in [6.07, 6.45) is 1.71. The van der Waals surface area contributed by atoms with Crippen LogP contribution in [0.4, 0.5) is 5.69 Å². The van der Waals surface area contributed by atoms with Gasteiger partial charge in [-0.15, -0.1) is 0 Å². The number of rotatable bonds is 5. The van der Waals surface area contributed by atoms with E-state index < -0.39 is 10.9 Å². The van der Waals surface area contributed by atoms with Crippen molar-refractivity contribution in [3.05, 3.63) is 70.0 Å². The first-order valence-corrected chi connectivity index (χ1v) is 10.7. The third-order valence-corrected chi connectivity index (χ3v) is 5.54. The zero-order valence-electron chi connectivity index (χ0n) is 15.7. The monoisotopic (exact) mass is 618 g/mol. The van der Waals surface area contributed by atoms with Gasteiger partial charge in [-0.05, 0) is 102 Å². The second kappa shape index (κ2) is 8.78. The molecule has 1 heterocycles. The standard InChI is InChI=1S/C20H16I2N2O5/c1-10(2)28-18-14(21)7-12(8-15(18)22)9-16-20(25)29-19(23-16)13-4-5-17(24(26)27)11(3)6-13/h4-10H,1-3H3/b16-9-. The summed E-state index contributed by atoms with van der Waals surface area (Å²) in [5.74, 6) is 0.370. The number of carbonyl (C=O) groups excluding carboxylic acids is 1. The molecule has 2 aromatic carbocycles. The second-order valence-corrected chi connectivity index (χ2v) is 8.90. The largest absolute Gasteiger partial charge is 0.489 e. The van der Waals surface area contributed by atoms with Gasteiger partial charge in [-0.25, -0.2) is 9.79 Å². The topological polar surface area (TPSA) is 91.0 Å². The van der Waals surface area contributed by atoms with Crippen LogP contribution in [0.3, 0.4) is 0 Å². The molecule has 3 rings (SSSR count). The molecule has 29 heavy (non-hydrogen) atoms. The number of ether oxygens (including phenoxy) is 2. The highest BCUT2D eigenvalue weighted by atomic mass is 127. The lowest BCUT2D eigenvalue weighted by Crippen LogP contribution is -2.08. The maximum atomic E-state index is 12.3. The van der Waals surface area contributed by atoms with Crippen LogP contribution in [0.15, 0.2) is 41.0 Å². The summed E-state index contributed by atoms with van der Waals surface area (Å²) in [5, 5.41) is 11.0. The molecule has 0 radical (unpaired) electrons. The molecule has 0 aromatic heterocycles. The predicted molar refractivity (Wildman–Crippen MR) is 126 cm³/mol. The van der Waals surface area contributed by atoms with E-state index in [-0.39, 0.29) is 23.4 Å². The molecule has 0 saturated heterocycles. The molecule has 150 valence electrons. The molecule has 0 saturated carbocycles. The number of benzene rings is 2. The van der Waals surface area contributed by atoms with Gasteiger partial charge in [0, 0.05) is 17.2 Å². The Morgan fingerprint density at radius 3 is 2.41 bits per heavy atom. The van der Waals surface area contributed by atoms with Crippen molar-refractivity contribution in [2.24, 2.45) is 4.99 Å². The van der Waals surface area contributed by atoms with Crippen LogP contribution < -0.4 is 4.74 Å². The van der Waals surface area contributed by atoms with Crippen molar-refractivity contribution >= 4 is 68.8 Å². The summed E-state index contributed by atoms with van der Waals surface area (Å²) in [7, 11) is 0. The molecule has 2 aromatic rings. The number of aryl methyl sites for hydroxylation is 1. The first kappa shape index (κ1) is 21.7. The predicted octanol–water partition coefficient (Wildman–Crippen LogP) is 5.24. The van der Waals surface area contributed by atoms with Crippen LogP contribution in [0.5, 0.6) is 5.75 Å². The van der Waals surface area contributed by atoms with Gasteiger partial charge in [0.1, 0.15) is 5.75 Å². The average Bonchev–Trinajstić information content (AvgIpc) is 2.98. The molecule has 0 atom stereocenters. The van der Waals surface area contributed by atoms with Crippen molar-refractivity contribution in [2.45, 2.75) is 26.9 Å². The van der Waals surface area contributed by atoms with Gasteiger partial charge in [0.05, 0.1) is 18.2 Å².